The Morgan fingerprint density at radius 3 is 2.21 bits per heavy atom. The van der Waals surface area contributed by atoms with Crippen LogP contribution in [0.4, 0.5) is 5.69 Å². The molecule has 3 amide bonds. The highest BCUT2D eigenvalue weighted by Gasteiger charge is 2.16. The molecule has 0 radical (unpaired) electrons. The first-order valence-corrected chi connectivity index (χ1v) is 13.5. The Labute approximate surface area is 249 Å². The van der Waals surface area contributed by atoms with Crippen LogP contribution in [-0.4, -0.2) is 62.9 Å². The summed E-state index contributed by atoms with van der Waals surface area (Å²) in [5.41, 5.74) is 4.25. The molecule has 12 nitrogen and oxygen atoms in total. The van der Waals surface area contributed by atoms with Crippen molar-refractivity contribution in [3.63, 3.8) is 0 Å². The Morgan fingerprint density at radius 2 is 1.56 bits per heavy atom. The molecule has 12 heteroatoms. The number of nitrogens with zero attached hydrogens (tertiary/aromatic N) is 1. The number of hydrogen-bond donors (Lipinski definition) is 3. The van der Waals surface area contributed by atoms with Gasteiger partial charge in [0.2, 0.25) is 0 Å². The standard InChI is InChI=1S/C31H34N4O8/c1-5-41-27-17-21(18-32-35-29(37)20(3)33-30(38)22-10-14-25(40-4)15-11-22)7-16-26(27)43-19-28(36)34-24-12-8-23(9-13-24)31(39)42-6-2/h7-18,20H,5-6,19H2,1-4H3,(H,33,38)(H,34,36)(H,35,37). The van der Waals surface area contributed by atoms with Crippen LogP contribution in [0, 0.1) is 0 Å². The molecule has 3 rings (SSSR count). The third kappa shape index (κ3) is 9.88. The van der Waals surface area contributed by atoms with Gasteiger partial charge in [-0.1, -0.05) is 0 Å². The van der Waals surface area contributed by atoms with Gasteiger partial charge in [0.15, 0.2) is 18.1 Å². The molecule has 226 valence electrons. The Bertz CT molecular complexity index is 1440. The van der Waals surface area contributed by atoms with Crippen molar-refractivity contribution in [3.8, 4) is 17.2 Å². The quantitative estimate of drug-likeness (QED) is 0.146. The van der Waals surface area contributed by atoms with Gasteiger partial charge in [0.1, 0.15) is 11.8 Å². The molecule has 0 aromatic heterocycles. The summed E-state index contributed by atoms with van der Waals surface area (Å²) in [5, 5.41) is 9.27. The molecule has 0 saturated carbocycles. The number of methoxy groups -OCH3 is 1. The van der Waals surface area contributed by atoms with Crippen molar-refractivity contribution in [1.82, 2.24) is 10.7 Å². The van der Waals surface area contributed by atoms with Crippen molar-refractivity contribution in [3.05, 3.63) is 83.4 Å². The predicted molar refractivity (Wildman–Crippen MR) is 160 cm³/mol. The summed E-state index contributed by atoms with van der Waals surface area (Å²) in [6, 6.07) is 16.9. The number of ether oxygens (including phenoxy) is 4. The van der Waals surface area contributed by atoms with Crippen LogP contribution < -0.4 is 30.3 Å². The van der Waals surface area contributed by atoms with E-state index in [0.29, 0.717) is 46.2 Å². The van der Waals surface area contributed by atoms with Crippen molar-refractivity contribution in [2.75, 3.05) is 32.2 Å². The molecule has 3 aromatic rings. The van der Waals surface area contributed by atoms with Crippen molar-refractivity contribution >= 4 is 35.6 Å². The fraction of sp³-hybridized carbons (Fsp3) is 0.258. The van der Waals surface area contributed by atoms with Crippen LogP contribution >= 0.6 is 0 Å². The first-order valence-electron chi connectivity index (χ1n) is 13.5. The summed E-state index contributed by atoms with van der Waals surface area (Å²) in [4.78, 5) is 49.0. The summed E-state index contributed by atoms with van der Waals surface area (Å²) in [7, 11) is 1.53. The number of amides is 3. The van der Waals surface area contributed by atoms with E-state index in [0.717, 1.165) is 0 Å². The van der Waals surface area contributed by atoms with Gasteiger partial charge < -0.3 is 29.6 Å². The van der Waals surface area contributed by atoms with Gasteiger partial charge in [0.25, 0.3) is 17.7 Å². The molecular weight excluding hydrogens is 556 g/mol. The minimum absolute atomic E-state index is 0.273. The minimum Gasteiger partial charge on any atom is -0.497 e. The number of nitrogens with one attached hydrogen (secondary N) is 3. The SMILES string of the molecule is CCOC(=O)c1ccc(NC(=O)COc2ccc(C=NNC(=O)C(C)NC(=O)c3ccc(OC)cc3)cc2OCC)cc1. The summed E-state index contributed by atoms with van der Waals surface area (Å²) in [6.45, 7) is 5.40. The van der Waals surface area contributed by atoms with Crippen molar-refractivity contribution in [2.24, 2.45) is 5.10 Å². The number of esters is 1. The molecule has 3 N–H and O–H groups in total. The Morgan fingerprint density at radius 1 is 0.860 bits per heavy atom. The molecule has 0 aliphatic heterocycles. The molecule has 0 fully saturated rings. The highest BCUT2D eigenvalue weighted by molar-refractivity contribution is 5.97. The fourth-order valence-electron chi connectivity index (χ4n) is 3.59. The van der Waals surface area contributed by atoms with E-state index in [1.807, 2.05) is 0 Å². The second kappa shape index (κ2) is 16.2. The lowest BCUT2D eigenvalue weighted by molar-refractivity contribution is -0.122. The number of anilines is 1. The predicted octanol–water partition coefficient (Wildman–Crippen LogP) is 3.56. The summed E-state index contributed by atoms with van der Waals surface area (Å²) in [5.74, 6) is -0.434. The van der Waals surface area contributed by atoms with Gasteiger partial charge >= 0.3 is 5.97 Å². The van der Waals surface area contributed by atoms with E-state index in [-0.39, 0.29) is 13.2 Å². The topological polar surface area (TPSA) is 154 Å². The van der Waals surface area contributed by atoms with Crippen LogP contribution in [0.15, 0.2) is 71.8 Å². The first kappa shape index (κ1) is 32.1. The maximum absolute atomic E-state index is 12.4. The highest BCUT2D eigenvalue weighted by Crippen LogP contribution is 2.28. The van der Waals surface area contributed by atoms with E-state index >= 15 is 0 Å². The number of benzene rings is 3. The molecule has 0 bridgehead atoms. The molecular formula is C31H34N4O8. The third-order valence-corrected chi connectivity index (χ3v) is 5.79. The van der Waals surface area contributed by atoms with Gasteiger partial charge in [-0.2, -0.15) is 5.10 Å². The van der Waals surface area contributed by atoms with Crippen molar-refractivity contribution in [2.45, 2.75) is 26.8 Å². The molecule has 1 atom stereocenters. The third-order valence-electron chi connectivity index (χ3n) is 5.79. The van der Waals surface area contributed by atoms with Gasteiger partial charge in [-0.3, -0.25) is 14.4 Å². The van der Waals surface area contributed by atoms with E-state index in [2.05, 4.69) is 21.2 Å². The van der Waals surface area contributed by atoms with Crippen LogP contribution in [0.1, 0.15) is 47.1 Å². The monoisotopic (exact) mass is 590 g/mol. The van der Waals surface area contributed by atoms with Gasteiger partial charge in [-0.05, 0) is 93.1 Å². The van der Waals surface area contributed by atoms with Gasteiger partial charge in [-0.25, -0.2) is 10.2 Å². The van der Waals surface area contributed by atoms with Crippen LogP contribution in [0.3, 0.4) is 0 Å². The summed E-state index contributed by atoms with van der Waals surface area (Å²) < 4.78 is 21.3. The summed E-state index contributed by atoms with van der Waals surface area (Å²) >= 11 is 0. The maximum atomic E-state index is 12.4. The molecule has 0 aliphatic rings. The number of carbonyl (C=O) groups is 4. The summed E-state index contributed by atoms with van der Waals surface area (Å²) in [6.07, 6.45) is 1.41. The van der Waals surface area contributed by atoms with Crippen LogP contribution in [0.25, 0.3) is 0 Å². The second-order valence-electron chi connectivity index (χ2n) is 8.93. The van der Waals surface area contributed by atoms with Crippen LogP contribution in [0.5, 0.6) is 17.2 Å². The van der Waals surface area contributed by atoms with E-state index < -0.39 is 29.7 Å². The smallest absolute Gasteiger partial charge is 0.338 e. The average Bonchev–Trinajstić information content (AvgIpc) is 3.01. The number of carbonyl (C=O) groups excluding carboxylic acids is 4. The number of hydrogen-bond acceptors (Lipinski definition) is 9. The number of rotatable bonds is 14. The van der Waals surface area contributed by atoms with Crippen LogP contribution in [0.2, 0.25) is 0 Å². The zero-order chi connectivity index (χ0) is 31.2. The first-order chi connectivity index (χ1) is 20.7. The van der Waals surface area contributed by atoms with Crippen LogP contribution in [-0.2, 0) is 14.3 Å². The van der Waals surface area contributed by atoms with Crippen molar-refractivity contribution in [1.29, 1.82) is 0 Å². The molecule has 0 aliphatic carbocycles. The fourth-order valence-corrected chi connectivity index (χ4v) is 3.59. The molecule has 0 spiro atoms. The average molecular weight is 591 g/mol. The molecule has 1 unspecified atom stereocenters. The van der Waals surface area contributed by atoms with Gasteiger partial charge in [0, 0.05) is 11.3 Å². The lowest BCUT2D eigenvalue weighted by Crippen LogP contribution is -2.43. The molecule has 3 aromatic carbocycles. The lowest BCUT2D eigenvalue weighted by atomic mass is 10.2. The zero-order valence-electron chi connectivity index (χ0n) is 24.3. The van der Waals surface area contributed by atoms with Gasteiger partial charge in [-0.15, -0.1) is 0 Å². The minimum atomic E-state index is -0.844. The van der Waals surface area contributed by atoms with E-state index in [4.69, 9.17) is 18.9 Å². The number of hydrazone groups is 1. The van der Waals surface area contributed by atoms with E-state index in [1.165, 1.54) is 13.3 Å². The Hall–Kier alpha value is -5.39. The normalized spacial score (nSPS) is 11.3. The second-order valence-corrected chi connectivity index (χ2v) is 8.93. The molecule has 0 heterocycles. The lowest BCUT2D eigenvalue weighted by Gasteiger charge is -2.13. The highest BCUT2D eigenvalue weighted by atomic mass is 16.5. The van der Waals surface area contributed by atoms with Gasteiger partial charge in [0.05, 0.1) is 32.1 Å². The Kier molecular flexibility index (Phi) is 12.1. The molecule has 43 heavy (non-hydrogen) atoms. The van der Waals surface area contributed by atoms with Crippen molar-refractivity contribution < 1.29 is 38.1 Å². The van der Waals surface area contributed by atoms with E-state index in [1.54, 1.807) is 87.5 Å². The molecule has 0 saturated heterocycles. The zero-order valence-corrected chi connectivity index (χ0v) is 24.3. The van der Waals surface area contributed by atoms with E-state index in [9.17, 15) is 19.2 Å². The largest absolute Gasteiger partial charge is 0.497 e. The maximum Gasteiger partial charge on any atom is 0.338 e. The Balaban J connectivity index is 1.52.